The van der Waals surface area contributed by atoms with Crippen molar-refractivity contribution in [2.24, 2.45) is 0 Å². The summed E-state index contributed by atoms with van der Waals surface area (Å²) in [5.41, 5.74) is -0.974. The van der Waals surface area contributed by atoms with Gasteiger partial charge in [0.15, 0.2) is 7.14 Å². The number of ether oxygens (including phenoxy) is 1. The zero-order valence-corrected chi connectivity index (χ0v) is 14.2. The first-order valence-electron chi connectivity index (χ1n) is 7.38. The van der Waals surface area contributed by atoms with Crippen molar-refractivity contribution in [1.82, 2.24) is 0 Å². The first kappa shape index (κ1) is 17.0. The van der Waals surface area contributed by atoms with Gasteiger partial charge in [-0.05, 0) is 20.8 Å². The lowest BCUT2D eigenvalue weighted by molar-refractivity contribution is -0.0656. The van der Waals surface area contributed by atoms with Crippen LogP contribution >= 0.6 is 7.14 Å². The Hall–Kier alpha value is -1.41. The highest BCUT2D eigenvalue weighted by molar-refractivity contribution is 7.78. The van der Waals surface area contributed by atoms with Crippen molar-refractivity contribution < 1.29 is 14.4 Å². The summed E-state index contributed by atoms with van der Waals surface area (Å²) in [5.74, 6) is 0. The second-order valence-electron chi connectivity index (χ2n) is 6.00. The molecule has 0 amide bonds. The van der Waals surface area contributed by atoms with Gasteiger partial charge in [-0.2, -0.15) is 0 Å². The maximum atomic E-state index is 13.6. The number of hydrogen-bond acceptors (Lipinski definition) is 3. The van der Waals surface area contributed by atoms with E-state index in [-0.39, 0.29) is 6.35 Å². The van der Waals surface area contributed by atoms with Crippen molar-refractivity contribution in [3.8, 4) is 0 Å². The van der Waals surface area contributed by atoms with Crippen molar-refractivity contribution in [1.29, 1.82) is 0 Å². The van der Waals surface area contributed by atoms with E-state index in [0.717, 1.165) is 10.6 Å². The Morgan fingerprint density at radius 2 is 1.41 bits per heavy atom. The minimum Gasteiger partial charge on any atom is -0.388 e. The predicted octanol–water partition coefficient (Wildman–Crippen LogP) is 3.13. The average molecular weight is 318 g/mol. The molecule has 0 aliphatic rings. The molecule has 0 spiro atoms. The van der Waals surface area contributed by atoms with Crippen molar-refractivity contribution in [2.75, 3.05) is 6.35 Å². The molecule has 2 rings (SSSR count). The van der Waals surface area contributed by atoms with E-state index in [1.165, 1.54) is 0 Å². The van der Waals surface area contributed by atoms with E-state index in [9.17, 15) is 9.67 Å². The summed E-state index contributed by atoms with van der Waals surface area (Å²) in [6.45, 7) is 5.17. The minimum absolute atomic E-state index is 0.0756. The molecular formula is C18H23O3P. The van der Waals surface area contributed by atoms with Crippen LogP contribution in [0.4, 0.5) is 0 Å². The lowest BCUT2D eigenvalue weighted by Crippen LogP contribution is -2.36. The van der Waals surface area contributed by atoms with Crippen molar-refractivity contribution in [2.45, 2.75) is 32.5 Å². The molecule has 1 unspecified atom stereocenters. The highest BCUT2D eigenvalue weighted by Gasteiger charge is 2.31. The van der Waals surface area contributed by atoms with Gasteiger partial charge in [0.25, 0.3) is 0 Å². The van der Waals surface area contributed by atoms with Gasteiger partial charge < -0.3 is 14.4 Å². The monoisotopic (exact) mass is 318 g/mol. The Bertz CT molecular complexity index is 589. The molecule has 0 heterocycles. The van der Waals surface area contributed by atoms with E-state index < -0.39 is 18.8 Å². The van der Waals surface area contributed by atoms with E-state index in [1.807, 2.05) is 60.7 Å². The van der Waals surface area contributed by atoms with Gasteiger partial charge in [-0.3, -0.25) is 0 Å². The van der Waals surface area contributed by atoms with Gasteiger partial charge in [0, 0.05) is 10.6 Å². The van der Waals surface area contributed by atoms with E-state index in [0.29, 0.717) is 0 Å². The summed E-state index contributed by atoms with van der Waals surface area (Å²) in [5, 5.41) is 11.5. The molecule has 0 saturated carbocycles. The Morgan fingerprint density at radius 3 is 1.77 bits per heavy atom. The van der Waals surface area contributed by atoms with Crippen LogP contribution in [-0.4, -0.2) is 23.2 Å². The van der Waals surface area contributed by atoms with Crippen LogP contribution in [0.3, 0.4) is 0 Å². The second-order valence-corrected chi connectivity index (χ2v) is 8.77. The lowest BCUT2D eigenvalue weighted by atomic mass is 10.0. The molecule has 0 fully saturated rings. The summed E-state index contributed by atoms with van der Waals surface area (Å²) in [7, 11) is -2.88. The van der Waals surface area contributed by atoms with E-state index in [4.69, 9.17) is 4.74 Å². The molecule has 1 N–H and O–H groups in total. The SMILES string of the molecule is CC(OCP(=O)(c1ccccc1)c1ccccc1)C(C)(C)O. The fraction of sp³-hybridized carbons (Fsp3) is 0.333. The van der Waals surface area contributed by atoms with Crippen LogP contribution in [0.15, 0.2) is 60.7 Å². The molecule has 0 aliphatic heterocycles. The van der Waals surface area contributed by atoms with E-state index in [1.54, 1.807) is 20.8 Å². The summed E-state index contributed by atoms with van der Waals surface area (Å²) in [6, 6.07) is 18.8. The Balaban J connectivity index is 2.34. The van der Waals surface area contributed by atoms with Crippen LogP contribution < -0.4 is 10.6 Å². The molecule has 1 atom stereocenters. The highest BCUT2D eigenvalue weighted by Crippen LogP contribution is 2.43. The van der Waals surface area contributed by atoms with Gasteiger partial charge in [-0.25, -0.2) is 0 Å². The molecule has 118 valence electrons. The highest BCUT2D eigenvalue weighted by atomic mass is 31.2. The van der Waals surface area contributed by atoms with Gasteiger partial charge in [-0.1, -0.05) is 60.7 Å². The van der Waals surface area contributed by atoms with Gasteiger partial charge in [0.1, 0.15) is 6.35 Å². The van der Waals surface area contributed by atoms with E-state index >= 15 is 0 Å². The van der Waals surface area contributed by atoms with Crippen LogP contribution in [-0.2, 0) is 9.30 Å². The van der Waals surface area contributed by atoms with Crippen LogP contribution in [0, 0.1) is 0 Å². The Morgan fingerprint density at radius 1 is 1.00 bits per heavy atom. The zero-order valence-electron chi connectivity index (χ0n) is 13.3. The van der Waals surface area contributed by atoms with E-state index in [2.05, 4.69) is 0 Å². The van der Waals surface area contributed by atoms with Crippen molar-refractivity contribution in [3.63, 3.8) is 0 Å². The standard InChI is InChI=1S/C18H23O3P/c1-15(18(2,3)19)21-14-22(20,16-10-6-4-7-11-16)17-12-8-5-9-13-17/h4-13,15,19H,14H2,1-3H3. The van der Waals surface area contributed by atoms with Crippen molar-refractivity contribution >= 4 is 17.8 Å². The Labute approximate surface area is 132 Å². The maximum Gasteiger partial charge on any atom is 0.167 e. The molecule has 0 aliphatic carbocycles. The lowest BCUT2D eigenvalue weighted by Gasteiger charge is -2.28. The third-order valence-corrected chi connectivity index (χ3v) is 6.63. The summed E-state index contributed by atoms with van der Waals surface area (Å²) in [6.07, 6.45) is -0.333. The minimum atomic E-state index is -2.88. The summed E-state index contributed by atoms with van der Waals surface area (Å²) >= 11 is 0. The molecular weight excluding hydrogens is 295 g/mol. The maximum absolute atomic E-state index is 13.6. The number of aliphatic hydroxyl groups is 1. The Kier molecular flexibility index (Phi) is 5.23. The fourth-order valence-electron chi connectivity index (χ4n) is 2.06. The number of hydrogen-bond donors (Lipinski definition) is 1. The molecule has 0 aromatic heterocycles. The van der Waals surface area contributed by atoms with Gasteiger partial charge in [0.2, 0.25) is 0 Å². The molecule has 4 heteroatoms. The summed E-state index contributed by atoms with van der Waals surface area (Å²) < 4.78 is 19.4. The normalized spacial score (nSPS) is 13.8. The fourth-order valence-corrected chi connectivity index (χ4v) is 4.39. The molecule has 2 aromatic rings. The molecule has 2 aromatic carbocycles. The molecule has 0 radical (unpaired) electrons. The second kappa shape index (κ2) is 6.78. The molecule has 0 bridgehead atoms. The summed E-state index contributed by atoms with van der Waals surface area (Å²) in [4.78, 5) is 0. The zero-order chi connectivity index (χ0) is 16.2. The third kappa shape index (κ3) is 3.86. The largest absolute Gasteiger partial charge is 0.388 e. The third-order valence-electron chi connectivity index (χ3n) is 3.85. The van der Waals surface area contributed by atoms with Gasteiger partial charge >= 0.3 is 0 Å². The quantitative estimate of drug-likeness (QED) is 0.832. The predicted molar refractivity (Wildman–Crippen MR) is 91.5 cm³/mol. The first-order chi connectivity index (χ1) is 10.3. The topological polar surface area (TPSA) is 46.5 Å². The van der Waals surface area contributed by atoms with Gasteiger partial charge in [-0.15, -0.1) is 0 Å². The average Bonchev–Trinajstić information content (AvgIpc) is 2.53. The van der Waals surface area contributed by atoms with Crippen LogP contribution in [0.25, 0.3) is 0 Å². The molecule has 22 heavy (non-hydrogen) atoms. The van der Waals surface area contributed by atoms with Gasteiger partial charge in [0.05, 0.1) is 11.7 Å². The van der Waals surface area contributed by atoms with Crippen LogP contribution in [0.5, 0.6) is 0 Å². The van der Waals surface area contributed by atoms with Crippen LogP contribution in [0.2, 0.25) is 0 Å². The van der Waals surface area contributed by atoms with Crippen molar-refractivity contribution in [3.05, 3.63) is 60.7 Å². The number of benzene rings is 2. The molecule has 3 nitrogen and oxygen atoms in total. The van der Waals surface area contributed by atoms with Crippen LogP contribution in [0.1, 0.15) is 20.8 Å². The first-order valence-corrected chi connectivity index (χ1v) is 9.27. The smallest absolute Gasteiger partial charge is 0.167 e. The number of rotatable bonds is 6. The molecule has 0 saturated heterocycles.